The molecule has 0 N–H and O–H groups in total. The molecule has 0 atom stereocenters. The first-order valence-corrected chi connectivity index (χ1v) is 10.5. The zero-order valence-electron chi connectivity index (χ0n) is 17.5. The lowest BCUT2D eigenvalue weighted by Gasteiger charge is -2.16. The molecule has 0 aliphatic carbocycles. The Hall–Kier alpha value is -3.58. The third kappa shape index (κ3) is 4.46. The molecule has 0 saturated carbocycles. The van der Waals surface area contributed by atoms with Gasteiger partial charge in [0, 0.05) is 25.2 Å². The molecule has 2 aromatic carbocycles. The summed E-state index contributed by atoms with van der Waals surface area (Å²) in [4.78, 5) is 16.0. The van der Waals surface area contributed by atoms with Gasteiger partial charge in [0.2, 0.25) is 0 Å². The molecule has 4 aromatic rings. The largest absolute Gasteiger partial charge is 0.497 e. The fourth-order valence-corrected chi connectivity index (χ4v) is 4.18. The molecule has 1 amide bonds. The number of aromatic nitrogens is 1. The van der Waals surface area contributed by atoms with Gasteiger partial charge in [-0.05, 0) is 35.9 Å². The van der Waals surface area contributed by atoms with Crippen molar-refractivity contribution in [3.05, 3.63) is 77.2 Å². The van der Waals surface area contributed by atoms with Crippen molar-refractivity contribution in [1.82, 2.24) is 10.1 Å². The minimum Gasteiger partial charge on any atom is -0.497 e. The highest BCUT2D eigenvalue weighted by Crippen LogP contribution is 2.36. The van der Waals surface area contributed by atoms with Crippen LogP contribution in [0.3, 0.4) is 0 Å². The van der Waals surface area contributed by atoms with Crippen LogP contribution in [0.2, 0.25) is 0 Å². The van der Waals surface area contributed by atoms with Crippen molar-refractivity contribution >= 4 is 17.2 Å². The van der Waals surface area contributed by atoms with E-state index in [0.717, 1.165) is 16.0 Å². The van der Waals surface area contributed by atoms with Crippen molar-refractivity contribution in [3.8, 4) is 33.4 Å². The van der Waals surface area contributed by atoms with Gasteiger partial charge in [0.15, 0.2) is 5.76 Å². The number of rotatable bonds is 7. The molecule has 31 heavy (non-hydrogen) atoms. The first kappa shape index (κ1) is 20.7. The summed E-state index contributed by atoms with van der Waals surface area (Å²) in [6.07, 6.45) is 0. The van der Waals surface area contributed by atoms with E-state index in [1.807, 2.05) is 66.7 Å². The minimum atomic E-state index is -0.0330. The van der Waals surface area contributed by atoms with Crippen molar-refractivity contribution in [2.75, 3.05) is 21.3 Å². The second kappa shape index (κ2) is 9.06. The molecular weight excluding hydrogens is 412 g/mol. The smallest absolute Gasteiger partial charge is 0.263 e. The Morgan fingerprint density at radius 1 is 1.03 bits per heavy atom. The second-order valence-electron chi connectivity index (χ2n) is 6.95. The lowest BCUT2D eigenvalue weighted by atomic mass is 10.1. The molecule has 0 aliphatic rings. The van der Waals surface area contributed by atoms with Crippen LogP contribution in [0.5, 0.6) is 11.5 Å². The quantitative estimate of drug-likeness (QED) is 0.392. The number of carbonyl (C=O) groups excluding carboxylic acids is 1. The van der Waals surface area contributed by atoms with Crippen LogP contribution < -0.4 is 9.47 Å². The van der Waals surface area contributed by atoms with Gasteiger partial charge in [-0.1, -0.05) is 35.5 Å². The summed E-state index contributed by atoms with van der Waals surface area (Å²) in [5.74, 6) is 1.93. The van der Waals surface area contributed by atoms with E-state index in [2.05, 4.69) is 5.16 Å². The van der Waals surface area contributed by atoms with Crippen LogP contribution in [-0.4, -0.2) is 37.2 Å². The number of nitrogens with zero attached hydrogens (tertiary/aromatic N) is 2. The number of amides is 1. The molecule has 2 aromatic heterocycles. The Morgan fingerprint density at radius 2 is 1.84 bits per heavy atom. The molecule has 0 unspecified atom stereocenters. The zero-order valence-corrected chi connectivity index (χ0v) is 18.3. The Labute approximate surface area is 184 Å². The molecule has 7 heteroatoms. The summed E-state index contributed by atoms with van der Waals surface area (Å²) < 4.78 is 16.3. The molecule has 0 bridgehead atoms. The van der Waals surface area contributed by atoms with Crippen LogP contribution in [0.15, 0.2) is 71.3 Å². The fourth-order valence-electron chi connectivity index (χ4n) is 3.23. The van der Waals surface area contributed by atoms with E-state index in [0.29, 0.717) is 34.4 Å². The van der Waals surface area contributed by atoms with Gasteiger partial charge in [0.05, 0.1) is 24.0 Å². The molecule has 2 heterocycles. The molecule has 4 rings (SSSR count). The third-order valence-corrected chi connectivity index (χ3v) is 5.95. The molecule has 6 nitrogen and oxygen atoms in total. The zero-order chi connectivity index (χ0) is 21.8. The monoisotopic (exact) mass is 434 g/mol. The molecule has 0 saturated heterocycles. The number of ether oxygens (including phenoxy) is 2. The highest BCUT2D eigenvalue weighted by atomic mass is 32.1. The topological polar surface area (TPSA) is 64.8 Å². The molecule has 158 valence electrons. The van der Waals surface area contributed by atoms with E-state index in [1.165, 1.54) is 11.3 Å². The summed E-state index contributed by atoms with van der Waals surface area (Å²) in [7, 11) is 5.02. The van der Waals surface area contributed by atoms with Gasteiger partial charge in [-0.15, -0.1) is 11.3 Å². The van der Waals surface area contributed by atoms with Gasteiger partial charge in [-0.3, -0.25) is 4.79 Å². The number of benzene rings is 2. The average Bonchev–Trinajstić information content (AvgIpc) is 3.48. The first-order chi connectivity index (χ1) is 15.1. The van der Waals surface area contributed by atoms with E-state index in [1.54, 1.807) is 26.2 Å². The van der Waals surface area contributed by atoms with E-state index in [4.69, 9.17) is 14.0 Å². The number of hydrogen-bond donors (Lipinski definition) is 0. The van der Waals surface area contributed by atoms with Gasteiger partial charge < -0.3 is 18.9 Å². The summed E-state index contributed by atoms with van der Waals surface area (Å²) in [6, 6.07) is 20.9. The van der Waals surface area contributed by atoms with Crippen LogP contribution in [0.25, 0.3) is 21.9 Å². The summed E-state index contributed by atoms with van der Waals surface area (Å²) >= 11 is 1.38. The Balaban J connectivity index is 1.54. The first-order valence-electron chi connectivity index (χ1n) is 9.67. The van der Waals surface area contributed by atoms with E-state index >= 15 is 0 Å². The van der Waals surface area contributed by atoms with Crippen LogP contribution in [0, 0.1) is 0 Å². The van der Waals surface area contributed by atoms with Gasteiger partial charge in [0.25, 0.3) is 5.91 Å². The molecular formula is C24H22N2O4S. The van der Waals surface area contributed by atoms with Crippen LogP contribution in [0.1, 0.15) is 15.2 Å². The van der Waals surface area contributed by atoms with Crippen LogP contribution >= 0.6 is 11.3 Å². The SMILES string of the molecule is COc1ccc(OC)c(-c2cc(-c3ccc(C(=O)N(C)Cc4ccccc4)s3)on2)c1. The fraction of sp³-hybridized carbons (Fsp3) is 0.167. The van der Waals surface area contributed by atoms with Gasteiger partial charge in [-0.25, -0.2) is 0 Å². The van der Waals surface area contributed by atoms with Crippen LogP contribution in [0.4, 0.5) is 0 Å². The van der Waals surface area contributed by atoms with Crippen molar-refractivity contribution in [3.63, 3.8) is 0 Å². The lowest BCUT2D eigenvalue weighted by molar-refractivity contribution is 0.0790. The lowest BCUT2D eigenvalue weighted by Crippen LogP contribution is -2.25. The third-order valence-electron chi connectivity index (χ3n) is 4.86. The Bertz CT molecular complexity index is 1180. The standard InChI is InChI=1S/C24H22N2O4S/c1-26(15-16-7-5-4-6-8-16)24(27)23-12-11-22(31-23)21-14-19(25-30-21)18-13-17(28-2)9-10-20(18)29-3/h4-14H,15H2,1-3H3. The van der Waals surface area contributed by atoms with E-state index in [9.17, 15) is 4.79 Å². The number of hydrogen-bond acceptors (Lipinski definition) is 6. The highest BCUT2D eigenvalue weighted by molar-refractivity contribution is 7.17. The normalized spacial score (nSPS) is 10.7. The number of carbonyl (C=O) groups is 1. The van der Waals surface area contributed by atoms with Crippen molar-refractivity contribution in [2.24, 2.45) is 0 Å². The van der Waals surface area contributed by atoms with Gasteiger partial charge in [0.1, 0.15) is 17.2 Å². The summed E-state index contributed by atoms with van der Waals surface area (Å²) in [5, 5.41) is 4.19. The number of thiophene rings is 1. The van der Waals surface area contributed by atoms with Crippen molar-refractivity contribution in [2.45, 2.75) is 6.54 Å². The second-order valence-corrected chi connectivity index (χ2v) is 8.04. The number of methoxy groups -OCH3 is 2. The van der Waals surface area contributed by atoms with Gasteiger partial charge in [-0.2, -0.15) is 0 Å². The molecule has 0 radical (unpaired) electrons. The summed E-state index contributed by atoms with van der Waals surface area (Å²) in [6.45, 7) is 0.551. The maximum atomic E-state index is 12.8. The van der Waals surface area contributed by atoms with Crippen LogP contribution in [-0.2, 0) is 6.54 Å². The average molecular weight is 435 g/mol. The minimum absolute atomic E-state index is 0.0330. The van der Waals surface area contributed by atoms with E-state index in [-0.39, 0.29) is 5.91 Å². The molecule has 0 spiro atoms. The predicted octanol–water partition coefficient (Wildman–Crippen LogP) is 5.36. The summed E-state index contributed by atoms with van der Waals surface area (Å²) in [5.41, 5.74) is 2.49. The highest BCUT2D eigenvalue weighted by Gasteiger charge is 2.18. The maximum Gasteiger partial charge on any atom is 0.263 e. The predicted molar refractivity (Wildman–Crippen MR) is 121 cm³/mol. The Kier molecular flexibility index (Phi) is 6.04. The maximum absolute atomic E-state index is 12.8. The molecule has 0 fully saturated rings. The molecule has 0 aliphatic heterocycles. The van der Waals surface area contributed by atoms with Crippen molar-refractivity contribution in [1.29, 1.82) is 0 Å². The van der Waals surface area contributed by atoms with Gasteiger partial charge >= 0.3 is 0 Å². The van der Waals surface area contributed by atoms with Crippen molar-refractivity contribution < 1.29 is 18.8 Å². The van der Waals surface area contributed by atoms with E-state index < -0.39 is 0 Å². The Morgan fingerprint density at radius 3 is 2.58 bits per heavy atom.